The van der Waals surface area contributed by atoms with Crippen LogP contribution in [0.25, 0.3) is 0 Å². The van der Waals surface area contributed by atoms with Crippen LogP contribution in [0, 0.1) is 11.7 Å². The lowest BCUT2D eigenvalue weighted by Crippen LogP contribution is -2.33. The Hall–Kier alpha value is -0.890. The highest BCUT2D eigenvalue weighted by Crippen LogP contribution is 2.11. The van der Waals surface area contributed by atoms with Crippen LogP contribution in [0.4, 0.5) is 4.39 Å². The molecular weight excluding hydrogens is 201 g/mol. The fourth-order valence-corrected chi connectivity index (χ4v) is 1.80. The van der Waals surface area contributed by atoms with Crippen molar-refractivity contribution in [2.24, 2.45) is 5.92 Å². The van der Waals surface area contributed by atoms with Crippen LogP contribution >= 0.6 is 0 Å². The van der Waals surface area contributed by atoms with Crippen LogP contribution in [0.15, 0.2) is 24.3 Å². The molecule has 0 heterocycles. The van der Waals surface area contributed by atoms with E-state index in [2.05, 4.69) is 32.6 Å². The lowest BCUT2D eigenvalue weighted by Gasteiger charge is -2.28. The Morgan fingerprint density at radius 3 is 2.38 bits per heavy atom. The summed E-state index contributed by atoms with van der Waals surface area (Å²) < 4.78 is 13.1. The Morgan fingerprint density at radius 1 is 1.19 bits per heavy atom. The zero-order valence-corrected chi connectivity index (χ0v) is 10.7. The monoisotopic (exact) mass is 223 g/mol. The van der Waals surface area contributed by atoms with Crippen molar-refractivity contribution in [1.29, 1.82) is 0 Å². The second-order valence-electron chi connectivity index (χ2n) is 5.05. The molecule has 0 saturated carbocycles. The summed E-state index contributed by atoms with van der Waals surface area (Å²) in [5.41, 5.74) is 1.05. The van der Waals surface area contributed by atoms with Gasteiger partial charge in [-0.3, -0.25) is 4.90 Å². The third-order valence-corrected chi connectivity index (χ3v) is 2.60. The van der Waals surface area contributed by atoms with Crippen molar-refractivity contribution < 1.29 is 4.39 Å². The molecule has 1 aromatic carbocycles. The molecule has 0 saturated heterocycles. The van der Waals surface area contributed by atoms with Crippen molar-refractivity contribution in [3.05, 3.63) is 35.6 Å². The Bertz CT molecular complexity index is 320. The SMILES string of the molecule is CC(C)CN(Cc1cccc(F)c1)C(C)C. The smallest absolute Gasteiger partial charge is 0.123 e. The maximum Gasteiger partial charge on any atom is 0.123 e. The van der Waals surface area contributed by atoms with Crippen molar-refractivity contribution >= 4 is 0 Å². The van der Waals surface area contributed by atoms with Gasteiger partial charge in [0.2, 0.25) is 0 Å². The number of benzene rings is 1. The minimum Gasteiger partial charge on any atom is -0.296 e. The van der Waals surface area contributed by atoms with E-state index >= 15 is 0 Å². The van der Waals surface area contributed by atoms with Crippen molar-refractivity contribution in [3.63, 3.8) is 0 Å². The predicted molar refractivity (Wildman–Crippen MR) is 66.8 cm³/mol. The van der Waals surface area contributed by atoms with Crippen LogP contribution in [0.3, 0.4) is 0 Å². The van der Waals surface area contributed by atoms with Crippen molar-refractivity contribution in [1.82, 2.24) is 4.90 Å². The molecule has 90 valence electrons. The Labute approximate surface area is 98.3 Å². The molecule has 0 aliphatic carbocycles. The zero-order valence-electron chi connectivity index (χ0n) is 10.7. The van der Waals surface area contributed by atoms with E-state index in [0.717, 1.165) is 18.7 Å². The van der Waals surface area contributed by atoms with Gasteiger partial charge < -0.3 is 0 Å². The molecule has 0 aliphatic heterocycles. The van der Waals surface area contributed by atoms with Gasteiger partial charge in [0.1, 0.15) is 5.82 Å². The fourth-order valence-electron chi connectivity index (χ4n) is 1.80. The van der Waals surface area contributed by atoms with Crippen molar-refractivity contribution in [2.45, 2.75) is 40.3 Å². The second-order valence-corrected chi connectivity index (χ2v) is 5.05. The molecule has 0 unspecified atom stereocenters. The van der Waals surface area contributed by atoms with Gasteiger partial charge in [-0.2, -0.15) is 0 Å². The first-order valence-corrected chi connectivity index (χ1v) is 5.97. The lowest BCUT2D eigenvalue weighted by atomic mass is 10.1. The average molecular weight is 223 g/mol. The molecule has 0 aromatic heterocycles. The minimum absolute atomic E-state index is 0.147. The normalized spacial score (nSPS) is 11.8. The maximum atomic E-state index is 13.1. The Balaban J connectivity index is 2.68. The highest BCUT2D eigenvalue weighted by atomic mass is 19.1. The topological polar surface area (TPSA) is 3.24 Å². The molecule has 0 atom stereocenters. The quantitative estimate of drug-likeness (QED) is 0.736. The molecule has 0 N–H and O–H groups in total. The summed E-state index contributed by atoms with van der Waals surface area (Å²) >= 11 is 0. The minimum atomic E-state index is -0.147. The van der Waals surface area contributed by atoms with Crippen LogP contribution in [0.1, 0.15) is 33.3 Å². The van der Waals surface area contributed by atoms with Gasteiger partial charge in [0.05, 0.1) is 0 Å². The van der Waals surface area contributed by atoms with E-state index in [9.17, 15) is 4.39 Å². The molecule has 0 amide bonds. The number of hydrogen-bond donors (Lipinski definition) is 0. The van der Waals surface area contributed by atoms with E-state index in [-0.39, 0.29) is 5.82 Å². The average Bonchev–Trinajstić information content (AvgIpc) is 2.15. The molecule has 0 aliphatic rings. The van der Waals surface area contributed by atoms with Crippen LogP contribution in [0.2, 0.25) is 0 Å². The molecule has 0 spiro atoms. The van der Waals surface area contributed by atoms with Gasteiger partial charge in [-0.25, -0.2) is 4.39 Å². The first-order chi connectivity index (χ1) is 7.49. The zero-order chi connectivity index (χ0) is 12.1. The third-order valence-electron chi connectivity index (χ3n) is 2.60. The fraction of sp³-hybridized carbons (Fsp3) is 0.571. The van der Waals surface area contributed by atoms with Gasteiger partial charge in [0.15, 0.2) is 0 Å². The first kappa shape index (κ1) is 13.2. The van der Waals surface area contributed by atoms with E-state index in [1.807, 2.05) is 6.07 Å². The lowest BCUT2D eigenvalue weighted by molar-refractivity contribution is 0.189. The molecular formula is C14H22FN. The molecule has 2 heteroatoms. The van der Waals surface area contributed by atoms with E-state index < -0.39 is 0 Å². The van der Waals surface area contributed by atoms with Gasteiger partial charge in [0.25, 0.3) is 0 Å². The van der Waals surface area contributed by atoms with E-state index in [1.54, 1.807) is 12.1 Å². The molecule has 0 fully saturated rings. The van der Waals surface area contributed by atoms with Crippen molar-refractivity contribution in [3.8, 4) is 0 Å². The van der Waals surface area contributed by atoms with Crippen LogP contribution in [-0.4, -0.2) is 17.5 Å². The van der Waals surface area contributed by atoms with Gasteiger partial charge in [0, 0.05) is 19.1 Å². The van der Waals surface area contributed by atoms with E-state index in [0.29, 0.717) is 12.0 Å². The summed E-state index contributed by atoms with van der Waals surface area (Å²) in [7, 11) is 0. The third kappa shape index (κ3) is 4.31. The maximum absolute atomic E-state index is 13.1. The molecule has 1 nitrogen and oxygen atoms in total. The van der Waals surface area contributed by atoms with E-state index in [1.165, 1.54) is 6.07 Å². The molecule has 16 heavy (non-hydrogen) atoms. The Kier molecular flexibility index (Phi) is 4.94. The highest BCUT2D eigenvalue weighted by molar-refractivity contribution is 5.16. The van der Waals surface area contributed by atoms with Crippen LogP contribution in [0.5, 0.6) is 0 Å². The molecule has 0 bridgehead atoms. The van der Waals surface area contributed by atoms with E-state index in [4.69, 9.17) is 0 Å². The summed E-state index contributed by atoms with van der Waals surface area (Å²) in [6.07, 6.45) is 0. The number of nitrogens with zero attached hydrogens (tertiary/aromatic N) is 1. The number of hydrogen-bond acceptors (Lipinski definition) is 1. The number of halogens is 1. The standard InChI is InChI=1S/C14H22FN/c1-11(2)9-16(12(3)4)10-13-6-5-7-14(15)8-13/h5-8,11-12H,9-10H2,1-4H3. The second kappa shape index (κ2) is 6.00. The molecule has 1 aromatic rings. The summed E-state index contributed by atoms with van der Waals surface area (Å²) in [6.45, 7) is 10.7. The van der Waals surface area contributed by atoms with Gasteiger partial charge >= 0.3 is 0 Å². The van der Waals surface area contributed by atoms with Gasteiger partial charge in [-0.15, -0.1) is 0 Å². The predicted octanol–water partition coefficient (Wildman–Crippen LogP) is 3.69. The van der Waals surface area contributed by atoms with Crippen molar-refractivity contribution in [2.75, 3.05) is 6.54 Å². The summed E-state index contributed by atoms with van der Waals surface area (Å²) in [5, 5.41) is 0. The van der Waals surface area contributed by atoms with Crippen LogP contribution < -0.4 is 0 Å². The van der Waals surface area contributed by atoms with Gasteiger partial charge in [-0.05, 0) is 37.5 Å². The highest BCUT2D eigenvalue weighted by Gasteiger charge is 2.11. The summed E-state index contributed by atoms with van der Waals surface area (Å²) in [5.74, 6) is 0.488. The summed E-state index contributed by atoms with van der Waals surface area (Å²) in [4.78, 5) is 2.37. The molecule has 0 radical (unpaired) electrons. The Morgan fingerprint density at radius 2 is 1.88 bits per heavy atom. The first-order valence-electron chi connectivity index (χ1n) is 5.97. The summed E-state index contributed by atoms with van der Waals surface area (Å²) in [6, 6.07) is 7.37. The molecule has 1 rings (SSSR count). The van der Waals surface area contributed by atoms with Gasteiger partial charge in [-0.1, -0.05) is 26.0 Å². The number of rotatable bonds is 5. The van der Waals surface area contributed by atoms with Crippen LogP contribution in [-0.2, 0) is 6.54 Å². The largest absolute Gasteiger partial charge is 0.296 e.